The van der Waals surface area contributed by atoms with Crippen LogP contribution in [0, 0.1) is 17.3 Å². The third kappa shape index (κ3) is 2.16. The van der Waals surface area contributed by atoms with Crippen molar-refractivity contribution in [2.24, 2.45) is 23.0 Å². The van der Waals surface area contributed by atoms with Crippen molar-refractivity contribution in [3.8, 4) is 0 Å². The van der Waals surface area contributed by atoms with Gasteiger partial charge in [-0.2, -0.15) is 0 Å². The number of hydrogen-bond acceptors (Lipinski definition) is 1. The summed E-state index contributed by atoms with van der Waals surface area (Å²) in [5, 5.41) is 0. The van der Waals surface area contributed by atoms with E-state index < -0.39 is 0 Å². The van der Waals surface area contributed by atoms with E-state index in [1.807, 2.05) is 0 Å². The number of rotatable bonds is 1. The van der Waals surface area contributed by atoms with Crippen molar-refractivity contribution in [2.75, 3.05) is 0 Å². The fraction of sp³-hybridized carbons (Fsp3) is 1.00. The standard InChI is InChI=1S/C15H29N/c1-14(2,3)13-10-6-7-11-15(13,16)12-8-4-5-9-12/h12-13H,4-11,16H2,1-3H3. The van der Waals surface area contributed by atoms with Gasteiger partial charge in [-0.25, -0.2) is 0 Å². The van der Waals surface area contributed by atoms with Crippen LogP contribution in [0.1, 0.15) is 72.1 Å². The van der Waals surface area contributed by atoms with Crippen molar-refractivity contribution < 1.29 is 0 Å². The molecule has 2 saturated carbocycles. The summed E-state index contributed by atoms with van der Waals surface area (Å²) in [7, 11) is 0. The van der Waals surface area contributed by atoms with Gasteiger partial charge in [0.15, 0.2) is 0 Å². The Hall–Kier alpha value is -0.0400. The van der Waals surface area contributed by atoms with Gasteiger partial charge in [0, 0.05) is 5.54 Å². The zero-order chi connectivity index (χ0) is 11.8. The van der Waals surface area contributed by atoms with Crippen LogP contribution < -0.4 is 5.73 Å². The Morgan fingerprint density at radius 1 is 0.938 bits per heavy atom. The molecule has 0 aliphatic heterocycles. The summed E-state index contributed by atoms with van der Waals surface area (Å²) in [6.07, 6.45) is 11.0. The van der Waals surface area contributed by atoms with E-state index in [1.165, 1.54) is 51.4 Å². The topological polar surface area (TPSA) is 26.0 Å². The number of nitrogens with two attached hydrogens (primary N) is 1. The monoisotopic (exact) mass is 223 g/mol. The molecular weight excluding hydrogens is 194 g/mol. The van der Waals surface area contributed by atoms with Gasteiger partial charge in [0.1, 0.15) is 0 Å². The molecule has 0 radical (unpaired) electrons. The SMILES string of the molecule is CC(C)(C)C1CCCCC1(N)C1CCCC1. The molecule has 2 fully saturated rings. The molecule has 2 unspecified atom stereocenters. The smallest absolute Gasteiger partial charge is 0.0216 e. The lowest BCUT2D eigenvalue weighted by molar-refractivity contribution is 0.0375. The first-order valence-corrected chi connectivity index (χ1v) is 7.23. The quantitative estimate of drug-likeness (QED) is 0.711. The molecule has 94 valence electrons. The highest BCUT2D eigenvalue weighted by Gasteiger charge is 2.48. The Balaban J connectivity index is 2.19. The highest BCUT2D eigenvalue weighted by atomic mass is 14.8. The van der Waals surface area contributed by atoms with Crippen molar-refractivity contribution in [3.63, 3.8) is 0 Å². The van der Waals surface area contributed by atoms with Crippen molar-refractivity contribution in [1.82, 2.24) is 0 Å². The Morgan fingerprint density at radius 2 is 1.50 bits per heavy atom. The maximum absolute atomic E-state index is 6.89. The highest BCUT2D eigenvalue weighted by Crippen LogP contribution is 2.50. The summed E-state index contributed by atoms with van der Waals surface area (Å²) in [4.78, 5) is 0. The van der Waals surface area contributed by atoms with Gasteiger partial charge >= 0.3 is 0 Å². The van der Waals surface area contributed by atoms with Crippen LogP contribution in [-0.2, 0) is 0 Å². The summed E-state index contributed by atoms with van der Waals surface area (Å²) in [5.74, 6) is 1.55. The van der Waals surface area contributed by atoms with Gasteiger partial charge in [0.25, 0.3) is 0 Å². The molecule has 0 spiro atoms. The van der Waals surface area contributed by atoms with Crippen LogP contribution in [0.2, 0.25) is 0 Å². The molecule has 2 N–H and O–H groups in total. The average molecular weight is 223 g/mol. The van der Waals surface area contributed by atoms with Crippen LogP contribution in [0.4, 0.5) is 0 Å². The molecule has 0 aromatic rings. The first kappa shape index (κ1) is 12.4. The summed E-state index contributed by atoms with van der Waals surface area (Å²) in [6, 6.07) is 0. The van der Waals surface area contributed by atoms with Crippen LogP contribution in [0.15, 0.2) is 0 Å². The summed E-state index contributed by atoms with van der Waals surface area (Å²) < 4.78 is 0. The molecule has 2 aliphatic carbocycles. The molecule has 0 bridgehead atoms. The van der Waals surface area contributed by atoms with Gasteiger partial charge in [-0.1, -0.05) is 46.5 Å². The minimum atomic E-state index is 0.160. The van der Waals surface area contributed by atoms with E-state index in [-0.39, 0.29) is 5.54 Å². The Bertz CT molecular complexity index is 234. The first-order valence-electron chi connectivity index (χ1n) is 7.23. The maximum Gasteiger partial charge on any atom is 0.0216 e. The van der Waals surface area contributed by atoms with E-state index in [0.717, 1.165) is 11.8 Å². The average Bonchev–Trinajstić information content (AvgIpc) is 2.69. The second-order valence-electron chi connectivity index (χ2n) is 7.26. The highest BCUT2D eigenvalue weighted by molar-refractivity contribution is 5.04. The molecular formula is C15H29N. The molecule has 16 heavy (non-hydrogen) atoms. The Morgan fingerprint density at radius 3 is 2.06 bits per heavy atom. The molecule has 2 aliphatic rings. The van der Waals surface area contributed by atoms with E-state index in [9.17, 15) is 0 Å². The lowest BCUT2D eigenvalue weighted by Crippen LogP contribution is -2.58. The van der Waals surface area contributed by atoms with E-state index in [4.69, 9.17) is 5.73 Å². The van der Waals surface area contributed by atoms with Gasteiger partial charge < -0.3 is 5.73 Å². The summed E-state index contributed by atoms with van der Waals surface area (Å²) in [5.41, 5.74) is 7.44. The van der Waals surface area contributed by atoms with Crippen LogP contribution in [0.3, 0.4) is 0 Å². The van der Waals surface area contributed by atoms with E-state index in [2.05, 4.69) is 20.8 Å². The van der Waals surface area contributed by atoms with Crippen molar-refractivity contribution in [2.45, 2.75) is 77.7 Å². The molecule has 0 amide bonds. The largest absolute Gasteiger partial charge is 0.325 e. The normalized spacial score (nSPS) is 37.9. The predicted octanol–water partition coefficient (Wildman–Crippen LogP) is 4.11. The molecule has 0 heterocycles. The minimum Gasteiger partial charge on any atom is -0.325 e. The van der Waals surface area contributed by atoms with Crippen molar-refractivity contribution in [3.05, 3.63) is 0 Å². The number of hydrogen-bond donors (Lipinski definition) is 1. The Kier molecular flexibility index (Phi) is 3.36. The van der Waals surface area contributed by atoms with Gasteiger partial charge in [0.05, 0.1) is 0 Å². The molecule has 0 saturated heterocycles. The van der Waals surface area contributed by atoms with Gasteiger partial charge in [-0.15, -0.1) is 0 Å². The van der Waals surface area contributed by atoms with E-state index in [1.54, 1.807) is 0 Å². The Labute approximate surface area is 101 Å². The minimum absolute atomic E-state index is 0.160. The van der Waals surface area contributed by atoms with Gasteiger partial charge in [-0.3, -0.25) is 0 Å². The predicted molar refractivity (Wildman–Crippen MR) is 70.3 cm³/mol. The molecule has 1 nitrogen and oxygen atoms in total. The first-order chi connectivity index (χ1) is 7.44. The lowest BCUT2D eigenvalue weighted by Gasteiger charge is -2.51. The van der Waals surface area contributed by atoms with Crippen molar-refractivity contribution >= 4 is 0 Å². The van der Waals surface area contributed by atoms with E-state index >= 15 is 0 Å². The lowest BCUT2D eigenvalue weighted by atomic mass is 9.58. The second-order valence-corrected chi connectivity index (χ2v) is 7.26. The maximum atomic E-state index is 6.89. The fourth-order valence-electron chi connectivity index (χ4n) is 4.41. The van der Waals surface area contributed by atoms with Crippen LogP contribution in [-0.4, -0.2) is 5.54 Å². The zero-order valence-corrected chi connectivity index (χ0v) is 11.4. The molecule has 2 atom stereocenters. The van der Waals surface area contributed by atoms with Crippen LogP contribution in [0.5, 0.6) is 0 Å². The third-order valence-corrected chi connectivity index (χ3v) is 5.16. The summed E-state index contributed by atoms with van der Waals surface area (Å²) >= 11 is 0. The van der Waals surface area contributed by atoms with Crippen molar-refractivity contribution in [1.29, 1.82) is 0 Å². The molecule has 1 heteroatoms. The molecule has 0 aromatic carbocycles. The zero-order valence-electron chi connectivity index (χ0n) is 11.4. The fourth-order valence-corrected chi connectivity index (χ4v) is 4.41. The van der Waals surface area contributed by atoms with Crippen LogP contribution >= 0.6 is 0 Å². The van der Waals surface area contributed by atoms with Gasteiger partial charge in [-0.05, 0) is 42.9 Å². The molecule has 2 rings (SSSR count). The van der Waals surface area contributed by atoms with E-state index in [0.29, 0.717) is 5.41 Å². The van der Waals surface area contributed by atoms with Crippen LogP contribution in [0.25, 0.3) is 0 Å². The summed E-state index contributed by atoms with van der Waals surface area (Å²) in [6.45, 7) is 7.17. The second kappa shape index (κ2) is 4.33. The van der Waals surface area contributed by atoms with Gasteiger partial charge in [0.2, 0.25) is 0 Å². The third-order valence-electron chi connectivity index (χ3n) is 5.16. The molecule has 0 aromatic heterocycles.